The molecule has 1 aromatic heterocycles. The molecule has 0 spiro atoms. The third kappa shape index (κ3) is 2.38. The summed E-state index contributed by atoms with van der Waals surface area (Å²) in [4.78, 5) is 4.34. The van der Waals surface area contributed by atoms with E-state index < -0.39 is 5.82 Å². The van der Waals surface area contributed by atoms with Gasteiger partial charge in [-0.3, -0.25) is 0 Å². The van der Waals surface area contributed by atoms with Crippen molar-refractivity contribution in [1.29, 1.82) is 0 Å². The van der Waals surface area contributed by atoms with Crippen LogP contribution in [0.1, 0.15) is 31.7 Å². The maximum atomic E-state index is 13.3. The van der Waals surface area contributed by atoms with E-state index in [9.17, 15) is 9.50 Å². The van der Waals surface area contributed by atoms with Gasteiger partial charge in [0, 0.05) is 5.56 Å². The van der Waals surface area contributed by atoms with Gasteiger partial charge in [-0.15, -0.1) is 0 Å². The van der Waals surface area contributed by atoms with Crippen LogP contribution in [-0.2, 0) is 0 Å². The van der Waals surface area contributed by atoms with Crippen LogP contribution in [0, 0.1) is 11.7 Å². The number of rotatable bonds is 2. The molecule has 1 fully saturated rings. The Morgan fingerprint density at radius 3 is 3.05 bits per heavy atom. The largest absolute Gasteiger partial charge is 0.505 e. The molecule has 0 bridgehead atoms. The minimum absolute atomic E-state index is 0.0481. The number of nitrogens with zero attached hydrogens (tertiary/aromatic N) is 2. The maximum Gasteiger partial charge on any atom is 0.244 e. The average molecular weight is 277 g/mol. The van der Waals surface area contributed by atoms with Gasteiger partial charge in [-0.1, -0.05) is 12.1 Å². The SMILES string of the molecule is CC1CCCNC1c1nc(-c2ccc(O)c(F)c2)no1. The molecule has 6 heteroatoms. The quantitative estimate of drug-likeness (QED) is 0.883. The highest BCUT2D eigenvalue weighted by molar-refractivity contribution is 5.55. The molecule has 1 aliphatic rings. The molecule has 0 radical (unpaired) electrons. The number of halogens is 1. The molecule has 5 nitrogen and oxygen atoms in total. The second kappa shape index (κ2) is 5.20. The highest BCUT2D eigenvalue weighted by atomic mass is 19.1. The third-order valence-corrected chi connectivity index (χ3v) is 3.68. The van der Waals surface area contributed by atoms with Gasteiger partial charge >= 0.3 is 0 Å². The van der Waals surface area contributed by atoms with Crippen molar-refractivity contribution < 1.29 is 14.0 Å². The molecule has 2 unspecified atom stereocenters. The van der Waals surface area contributed by atoms with Crippen LogP contribution in [0.25, 0.3) is 11.4 Å². The topological polar surface area (TPSA) is 71.2 Å². The van der Waals surface area contributed by atoms with E-state index in [1.807, 2.05) is 0 Å². The van der Waals surface area contributed by atoms with Crippen LogP contribution in [0.15, 0.2) is 22.7 Å². The minimum atomic E-state index is -0.696. The fourth-order valence-electron chi connectivity index (χ4n) is 2.50. The summed E-state index contributed by atoms with van der Waals surface area (Å²) in [5.74, 6) is 0.200. The van der Waals surface area contributed by atoms with Gasteiger partial charge in [-0.2, -0.15) is 4.98 Å². The zero-order valence-electron chi connectivity index (χ0n) is 11.1. The Morgan fingerprint density at radius 1 is 1.45 bits per heavy atom. The fourth-order valence-corrected chi connectivity index (χ4v) is 2.50. The average Bonchev–Trinajstić information content (AvgIpc) is 2.92. The number of aromatic hydroxyl groups is 1. The molecular formula is C14H16FN3O2. The zero-order chi connectivity index (χ0) is 14.1. The lowest BCUT2D eigenvalue weighted by atomic mass is 9.93. The van der Waals surface area contributed by atoms with Gasteiger partial charge in [0.15, 0.2) is 11.6 Å². The van der Waals surface area contributed by atoms with E-state index in [1.165, 1.54) is 12.1 Å². The number of benzene rings is 1. The van der Waals surface area contributed by atoms with Gasteiger partial charge in [0.2, 0.25) is 11.7 Å². The van der Waals surface area contributed by atoms with E-state index in [-0.39, 0.29) is 11.8 Å². The molecule has 0 aliphatic carbocycles. The molecule has 3 rings (SSSR count). The number of aromatic nitrogens is 2. The lowest BCUT2D eigenvalue weighted by Gasteiger charge is -2.26. The predicted molar refractivity (Wildman–Crippen MR) is 70.5 cm³/mol. The monoisotopic (exact) mass is 277 g/mol. The Hall–Kier alpha value is -1.95. The maximum absolute atomic E-state index is 13.3. The van der Waals surface area contributed by atoms with Gasteiger partial charge in [-0.05, 0) is 43.5 Å². The van der Waals surface area contributed by atoms with Crippen LogP contribution in [0.3, 0.4) is 0 Å². The summed E-state index contributed by atoms with van der Waals surface area (Å²) in [5, 5.41) is 16.4. The lowest BCUT2D eigenvalue weighted by molar-refractivity contribution is 0.239. The molecule has 1 saturated heterocycles. The summed E-state index contributed by atoms with van der Waals surface area (Å²) in [5.41, 5.74) is 0.485. The summed E-state index contributed by atoms with van der Waals surface area (Å²) in [6.45, 7) is 3.07. The number of piperidine rings is 1. The molecule has 2 heterocycles. The third-order valence-electron chi connectivity index (χ3n) is 3.68. The van der Waals surface area contributed by atoms with Crippen molar-refractivity contribution in [3.8, 4) is 17.1 Å². The molecular weight excluding hydrogens is 261 g/mol. The predicted octanol–water partition coefficient (Wildman–Crippen LogP) is 2.64. The highest BCUT2D eigenvalue weighted by Crippen LogP contribution is 2.29. The molecule has 1 aliphatic heterocycles. The minimum Gasteiger partial charge on any atom is -0.505 e. The van der Waals surface area contributed by atoms with Crippen LogP contribution in [0.2, 0.25) is 0 Å². The van der Waals surface area contributed by atoms with Crippen molar-refractivity contribution in [2.45, 2.75) is 25.8 Å². The van der Waals surface area contributed by atoms with E-state index in [1.54, 1.807) is 6.07 Å². The van der Waals surface area contributed by atoms with Crippen LogP contribution in [-0.4, -0.2) is 21.8 Å². The van der Waals surface area contributed by atoms with Crippen LogP contribution < -0.4 is 5.32 Å². The number of phenolic OH excluding ortho intramolecular Hbond substituents is 1. The number of hydrogen-bond acceptors (Lipinski definition) is 5. The molecule has 1 aromatic carbocycles. The molecule has 2 N–H and O–H groups in total. The Morgan fingerprint density at radius 2 is 2.30 bits per heavy atom. The Labute approximate surface area is 115 Å². The van der Waals surface area contributed by atoms with Crippen LogP contribution in [0.5, 0.6) is 5.75 Å². The molecule has 20 heavy (non-hydrogen) atoms. The van der Waals surface area contributed by atoms with E-state index in [4.69, 9.17) is 4.52 Å². The van der Waals surface area contributed by atoms with Crippen molar-refractivity contribution in [3.05, 3.63) is 29.9 Å². The highest BCUT2D eigenvalue weighted by Gasteiger charge is 2.27. The van der Waals surface area contributed by atoms with Gasteiger partial charge in [0.1, 0.15) is 0 Å². The van der Waals surface area contributed by atoms with Gasteiger partial charge in [0.05, 0.1) is 6.04 Å². The molecule has 0 saturated carbocycles. The first-order valence-corrected chi connectivity index (χ1v) is 6.71. The number of nitrogens with one attached hydrogen (secondary N) is 1. The number of phenols is 1. The van der Waals surface area contributed by atoms with Crippen molar-refractivity contribution in [3.63, 3.8) is 0 Å². The molecule has 0 amide bonds. The Bertz CT molecular complexity index is 614. The van der Waals surface area contributed by atoms with Crippen molar-refractivity contribution in [2.75, 3.05) is 6.54 Å². The smallest absolute Gasteiger partial charge is 0.244 e. The van der Waals surface area contributed by atoms with E-state index in [0.29, 0.717) is 23.2 Å². The van der Waals surface area contributed by atoms with Gasteiger partial charge in [-0.25, -0.2) is 4.39 Å². The summed E-state index contributed by atoms with van der Waals surface area (Å²) >= 11 is 0. The van der Waals surface area contributed by atoms with Crippen LogP contribution >= 0.6 is 0 Å². The first-order chi connectivity index (χ1) is 9.65. The van der Waals surface area contributed by atoms with E-state index in [0.717, 1.165) is 19.4 Å². The fraction of sp³-hybridized carbons (Fsp3) is 0.429. The first-order valence-electron chi connectivity index (χ1n) is 6.71. The first kappa shape index (κ1) is 13.1. The van der Waals surface area contributed by atoms with Crippen molar-refractivity contribution >= 4 is 0 Å². The Balaban J connectivity index is 1.87. The second-order valence-corrected chi connectivity index (χ2v) is 5.17. The summed E-state index contributed by atoms with van der Waals surface area (Å²) < 4.78 is 18.6. The zero-order valence-corrected chi connectivity index (χ0v) is 11.1. The number of hydrogen-bond donors (Lipinski definition) is 2. The van der Waals surface area contributed by atoms with Crippen molar-refractivity contribution in [1.82, 2.24) is 15.5 Å². The Kier molecular flexibility index (Phi) is 3.40. The van der Waals surface area contributed by atoms with Gasteiger partial charge in [0.25, 0.3) is 0 Å². The standard InChI is InChI=1S/C14H16FN3O2/c1-8-3-2-6-16-12(8)14-17-13(18-20-14)9-4-5-11(19)10(15)7-9/h4-5,7-8,12,16,19H,2-3,6H2,1H3. The van der Waals surface area contributed by atoms with Crippen molar-refractivity contribution in [2.24, 2.45) is 5.92 Å². The molecule has 106 valence electrons. The lowest BCUT2D eigenvalue weighted by Crippen LogP contribution is -2.33. The van der Waals surface area contributed by atoms with Crippen LogP contribution in [0.4, 0.5) is 4.39 Å². The molecule has 2 atom stereocenters. The summed E-state index contributed by atoms with van der Waals surface area (Å²) in [6.07, 6.45) is 2.26. The summed E-state index contributed by atoms with van der Waals surface area (Å²) in [7, 11) is 0. The van der Waals surface area contributed by atoms with E-state index >= 15 is 0 Å². The second-order valence-electron chi connectivity index (χ2n) is 5.17. The van der Waals surface area contributed by atoms with E-state index in [2.05, 4.69) is 22.4 Å². The normalized spacial score (nSPS) is 22.9. The molecule has 2 aromatic rings. The summed E-state index contributed by atoms with van der Waals surface area (Å²) in [6, 6.07) is 4.08. The van der Waals surface area contributed by atoms with Gasteiger partial charge < -0.3 is 14.9 Å².